The molecule has 9 heteroatoms. The van der Waals surface area contributed by atoms with Crippen molar-refractivity contribution in [1.29, 1.82) is 0 Å². The minimum Gasteiger partial charge on any atom is -0.465 e. The van der Waals surface area contributed by atoms with Crippen molar-refractivity contribution in [2.24, 2.45) is 10.9 Å². The van der Waals surface area contributed by atoms with Crippen molar-refractivity contribution in [3.8, 4) is 0 Å². The summed E-state index contributed by atoms with van der Waals surface area (Å²) >= 11 is 1.18. The van der Waals surface area contributed by atoms with Crippen molar-refractivity contribution >= 4 is 46.4 Å². The molecule has 1 aliphatic rings. The van der Waals surface area contributed by atoms with Gasteiger partial charge in [0, 0.05) is 19.3 Å². The zero-order valence-electron chi connectivity index (χ0n) is 15.2. The number of amides is 4. The molecule has 144 valence electrons. The van der Waals surface area contributed by atoms with Crippen LogP contribution in [0.3, 0.4) is 0 Å². The van der Waals surface area contributed by atoms with E-state index in [0.29, 0.717) is 11.4 Å². The van der Waals surface area contributed by atoms with Crippen molar-refractivity contribution in [2.75, 3.05) is 20.2 Å². The number of hydrogen-bond acceptors (Lipinski definition) is 7. The van der Waals surface area contributed by atoms with Crippen LogP contribution in [-0.2, 0) is 14.3 Å². The second-order valence-electron chi connectivity index (χ2n) is 5.75. The molecule has 8 nitrogen and oxygen atoms in total. The molecule has 1 unspecified atom stereocenters. The highest BCUT2D eigenvalue weighted by Crippen LogP contribution is 2.28. The zero-order chi connectivity index (χ0) is 20.0. The number of esters is 1. The van der Waals surface area contributed by atoms with Crippen LogP contribution in [0.4, 0.5) is 9.80 Å². The van der Waals surface area contributed by atoms with E-state index in [1.807, 2.05) is 6.92 Å². The van der Waals surface area contributed by atoms with Gasteiger partial charge in [-0.15, -0.1) is 17.9 Å². The van der Waals surface area contributed by atoms with Crippen LogP contribution in [0.1, 0.15) is 30.1 Å². The normalized spacial score (nSPS) is 17.7. The lowest BCUT2D eigenvalue weighted by molar-refractivity contribution is -0.145. The first-order chi connectivity index (χ1) is 13.0. The second kappa shape index (κ2) is 9.22. The molecule has 4 amide bonds. The van der Waals surface area contributed by atoms with Gasteiger partial charge in [0.05, 0.1) is 12.7 Å². The number of rotatable bonds is 8. The van der Waals surface area contributed by atoms with E-state index >= 15 is 0 Å². The Bertz CT molecular complexity index is 786. The third-order valence-electron chi connectivity index (χ3n) is 3.96. The van der Waals surface area contributed by atoms with Gasteiger partial charge >= 0.3 is 12.0 Å². The van der Waals surface area contributed by atoms with Gasteiger partial charge in [-0.25, -0.2) is 14.6 Å². The lowest BCUT2D eigenvalue weighted by atomic mass is 10.0. The van der Waals surface area contributed by atoms with Crippen LogP contribution in [0.15, 0.2) is 29.1 Å². The Labute approximate surface area is 161 Å². The Balaban J connectivity index is 2.32. The summed E-state index contributed by atoms with van der Waals surface area (Å²) in [6.07, 6.45) is 4.04. The lowest BCUT2D eigenvalue weighted by Crippen LogP contribution is -2.60. The summed E-state index contributed by atoms with van der Waals surface area (Å²) in [7, 11) is 1.26. The number of carbonyl (C=O) groups excluding carboxylic acids is 4. The Morgan fingerprint density at radius 2 is 2.04 bits per heavy atom. The van der Waals surface area contributed by atoms with Crippen LogP contribution in [0, 0.1) is 5.92 Å². The minimum atomic E-state index is -1.23. The molecule has 1 aromatic rings. The fourth-order valence-corrected chi connectivity index (χ4v) is 3.26. The van der Waals surface area contributed by atoms with E-state index in [0.717, 1.165) is 16.2 Å². The maximum absolute atomic E-state index is 12.7. The molecule has 1 saturated heterocycles. The van der Waals surface area contributed by atoms with Crippen molar-refractivity contribution in [3.63, 3.8) is 0 Å². The van der Waals surface area contributed by atoms with Crippen molar-refractivity contribution in [1.82, 2.24) is 9.80 Å². The number of thiophene rings is 1. The summed E-state index contributed by atoms with van der Waals surface area (Å²) in [6, 6.07) is 0.906. The molecule has 0 aromatic carbocycles. The summed E-state index contributed by atoms with van der Waals surface area (Å²) < 4.78 is 4.68. The number of urea groups is 1. The molecule has 0 N–H and O–H groups in total. The molecule has 1 atom stereocenters. The third-order valence-corrected chi connectivity index (χ3v) is 4.78. The highest BCUT2D eigenvalue weighted by Gasteiger charge is 2.44. The van der Waals surface area contributed by atoms with Gasteiger partial charge in [-0.2, -0.15) is 0 Å². The van der Waals surface area contributed by atoms with Gasteiger partial charge in [-0.3, -0.25) is 19.4 Å². The molecule has 1 aliphatic heterocycles. The third kappa shape index (κ3) is 4.30. The maximum Gasteiger partial charge on any atom is 0.340 e. The summed E-state index contributed by atoms with van der Waals surface area (Å²) in [5, 5.41) is 1.99. The van der Waals surface area contributed by atoms with Crippen LogP contribution < -0.4 is 0 Å². The van der Waals surface area contributed by atoms with Gasteiger partial charge in [-0.05, 0) is 17.9 Å². The van der Waals surface area contributed by atoms with Gasteiger partial charge in [0.15, 0.2) is 5.92 Å². The van der Waals surface area contributed by atoms with Gasteiger partial charge in [-0.1, -0.05) is 19.4 Å². The molecule has 2 heterocycles. The van der Waals surface area contributed by atoms with E-state index in [-0.39, 0.29) is 18.7 Å². The number of ether oxygens (including phenoxy) is 1. The van der Waals surface area contributed by atoms with E-state index in [4.69, 9.17) is 0 Å². The molecule has 0 bridgehead atoms. The smallest absolute Gasteiger partial charge is 0.340 e. The number of barbiturate groups is 1. The standard InChI is InChI=1S/C18H21N3O5S/c1-4-6-9-21-16(23)13(15(22)20(8-5-2)18(21)25)11-19-14-12(7-10-27-14)17(24)26-3/h5,7,10-11,13H,2,4,6,8-9H2,1,3H3. The van der Waals surface area contributed by atoms with Gasteiger partial charge < -0.3 is 4.74 Å². The number of imide groups is 2. The maximum atomic E-state index is 12.7. The topological polar surface area (TPSA) is 96.3 Å². The van der Waals surface area contributed by atoms with Crippen LogP contribution in [-0.4, -0.2) is 60.0 Å². The fourth-order valence-electron chi connectivity index (χ4n) is 2.53. The number of methoxy groups -OCH3 is 1. The van der Waals surface area contributed by atoms with Crippen LogP contribution in [0.25, 0.3) is 0 Å². The van der Waals surface area contributed by atoms with E-state index < -0.39 is 29.7 Å². The average molecular weight is 391 g/mol. The van der Waals surface area contributed by atoms with E-state index in [1.54, 1.807) is 11.4 Å². The van der Waals surface area contributed by atoms with Crippen LogP contribution in [0.5, 0.6) is 0 Å². The molecular formula is C18H21N3O5S. The van der Waals surface area contributed by atoms with E-state index in [2.05, 4.69) is 16.3 Å². The molecule has 27 heavy (non-hydrogen) atoms. The molecule has 0 radical (unpaired) electrons. The van der Waals surface area contributed by atoms with Crippen LogP contribution >= 0.6 is 11.3 Å². The van der Waals surface area contributed by atoms with E-state index in [9.17, 15) is 19.2 Å². The quantitative estimate of drug-likeness (QED) is 0.294. The molecule has 0 aliphatic carbocycles. The molecule has 0 saturated carbocycles. The predicted molar refractivity (Wildman–Crippen MR) is 101 cm³/mol. The van der Waals surface area contributed by atoms with Gasteiger partial charge in [0.2, 0.25) is 11.8 Å². The fraction of sp³-hybridized carbons (Fsp3) is 0.389. The zero-order valence-corrected chi connectivity index (χ0v) is 16.0. The predicted octanol–water partition coefficient (Wildman–Crippen LogP) is 2.63. The molecule has 0 spiro atoms. The lowest BCUT2D eigenvalue weighted by Gasteiger charge is -2.35. The first kappa shape index (κ1) is 20.5. The number of nitrogens with zero attached hydrogens (tertiary/aromatic N) is 3. The largest absolute Gasteiger partial charge is 0.465 e. The Kier molecular flexibility index (Phi) is 7.00. The van der Waals surface area contributed by atoms with Crippen molar-refractivity contribution < 1.29 is 23.9 Å². The first-order valence-corrected chi connectivity index (χ1v) is 9.31. The molecule has 2 rings (SSSR count). The SMILES string of the molecule is C=CCN1C(=O)C(C=Nc2sccc2C(=O)OC)C(=O)N(CCCC)C1=O. The summed E-state index contributed by atoms with van der Waals surface area (Å²) in [6.45, 7) is 5.72. The van der Waals surface area contributed by atoms with Gasteiger partial charge in [0.1, 0.15) is 5.00 Å². The van der Waals surface area contributed by atoms with Crippen LogP contribution in [0.2, 0.25) is 0 Å². The highest BCUT2D eigenvalue weighted by molar-refractivity contribution is 7.14. The average Bonchev–Trinajstić information content (AvgIpc) is 3.13. The Morgan fingerprint density at radius 3 is 2.67 bits per heavy atom. The number of carbonyl (C=O) groups is 4. The molecule has 1 aromatic heterocycles. The van der Waals surface area contributed by atoms with Crippen molar-refractivity contribution in [2.45, 2.75) is 19.8 Å². The molecule has 1 fully saturated rings. The van der Waals surface area contributed by atoms with Gasteiger partial charge in [0.25, 0.3) is 0 Å². The summed E-state index contributed by atoms with van der Waals surface area (Å²) in [4.78, 5) is 55.7. The van der Waals surface area contributed by atoms with Crippen molar-refractivity contribution in [3.05, 3.63) is 29.7 Å². The number of aliphatic imine (C=N–C) groups is 1. The second-order valence-corrected chi connectivity index (χ2v) is 6.64. The Morgan fingerprint density at radius 1 is 1.33 bits per heavy atom. The summed E-state index contributed by atoms with van der Waals surface area (Å²) in [5.74, 6) is -3.05. The monoisotopic (exact) mass is 391 g/mol. The Hall–Kier alpha value is -2.81. The van der Waals surface area contributed by atoms with E-state index in [1.165, 1.54) is 30.7 Å². The number of unbranched alkanes of at least 4 members (excludes halogenated alkanes) is 1. The summed E-state index contributed by atoms with van der Waals surface area (Å²) in [5.41, 5.74) is 0.247. The first-order valence-electron chi connectivity index (χ1n) is 8.43. The highest BCUT2D eigenvalue weighted by atomic mass is 32.1. The number of hydrogen-bond donors (Lipinski definition) is 0. The molecular weight excluding hydrogens is 370 g/mol. The minimum absolute atomic E-state index is 0.00429.